The molecule has 8 nitrogen and oxygen atoms in total. The quantitative estimate of drug-likeness (QED) is 0.597. The molecule has 9 heteroatoms. The molecular weight excluding hydrogens is 326 g/mol. The van der Waals surface area contributed by atoms with Crippen LogP contribution in [0.25, 0.3) is 17.1 Å². The Morgan fingerprint density at radius 3 is 3.04 bits per heavy atom. The summed E-state index contributed by atoms with van der Waals surface area (Å²) in [5.74, 6) is 1.13. The molecule has 3 heterocycles. The molecule has 4 rings (SSSR count). The molecule has 0 spiro atoms. The molecule has 0 aliphatic rings. The van der Waals surface area contributed by atoms with Crippen LogP contribution in [-0.4, -0.2) is 30.3 Å². The number of tetrazole rings is 1. The van der Waals surface area contributed by atoms with Gasteiger partial charge in [0.15, 0.2) is 5.82 Å². The number of thiophene rings is 1. The fourth-order valence-corrected chi connectivity index (χ4v) is 2.88. The average molecular weight is 339 g/mol. The van der Waals surface area contributed by atoms with E-state index in [0.29, 0.717) is 18.3 Å². The van der Waals surface area contributed by atoms with Crippen molar-refractivity contribution < 1.29 is 4.52 Å². The van der Waals surface area contributed by atoms with Gasteiger partial charge in [0.25, 0.3) is 5.89 Å². The van der Waals surface area contributed by atoms with Crippen molar-refractivity contribution in [1.82, 2.24) is 30.3 Å². The molecule has 24 heavy (non-hydrogen) atoms. The van der Waals surface area contributed by atoms with E-state index in [0.717, 1.165) is 22.5 Å². The molecule has 120 valence electrons. The van der Waals surface area contributed by atoms with E-state index in [9.17, 15) is 0 Å². The lowest BCUT2D eigenvalue weighted by molar-refractivity contribution is 0.423. The molecule has 1 N–H and O–H groups in total. The first-order chi connectivity index (χ1) is 11.8. The van der Waals surface area contributed by atoms with E-state index in [4.69, 9.17) is 4.52 Å². The maximum atomic E-state index is 5.27. The molecule has 0 atom stereocenters. The van der Waals surface area contributed by atoms with Gasteiger partial charge < -0.3 is 9.84 Å². The molecule has 0 aliphatic heterocycles. The highest BCUT2D eigenvalue weighted by Crippen LogP contribution is 2.21. The van der Waals surface area contributed by atoms with Gasteiger partial charge in [-0.25, -0.2) is 4.68 Å². The minimum atomic E-state index is 0.464. The zero-order valence-corrected chi connectivity index (χ0v) is 13.6. The number of hydrogen-bond acceptors (Lipinski definition) is 8. The maximum absolute atomic E-state index is 5.27. The molecule has 0 saturated carbocycles. The summed E-state index contributed by atoms with van der Waals surface area (Å²) in [4.78, 5) is 4.39. The molecule has 0 fully saturated rings. The Labute approximate surface area is 141 Å². The van der Waals surface area contributed by atoms with Gasteiger partial charge in [-0.1, -0.05) is 11.2 Å². The first kappa shape index (κ1) is 14.5. The Bertz CT molecular complexity index is 931. The Morgan fingerprint density at radius 1 is 1.29 bits per heavy atom. The van der Waals surface area contributed by atoms with Gasteiger partial charge in [0.05, 0.1) is 17.8 Å². The average Bonchev–Trinajstić information content (AvgIpc) is 3.34. The predicted molar refractivity (Wildman–Crippen MR) is 88.8 cm³/mol. The largest absolute Gasteiger partial charge is 0.378 e. The fraction of sp³-hybridized carbons (Fsp3) is 0.133. The molecule has 1 aromatic carbocycles. The van der Waals surface area contributed by atoms with Gasteiger partial charge in [0.2, 0.25) is 0 Å². The highest BCUT2D eigenvalue weighted by molar-refractivity contribution is 7.08. The van der Waals surface area contributed by atoms with Crippen molar-refractivity contribution in [2.45, 2.75) is 13.5 Å². The minimum absolute atomic E-state index is 0.464. The van der Waals surface area contributed by atoms with Gasteiger partial charge in [0, 0.05) is 11.1 Å². The Balaban J connectivity index is 1.49. The summed E-state index contributed by atoms with van der Waals surface area (Å²) in [7, 11) is 0. The second kappa shape index (κ2) is 6.20. The third-order valence-corrected chi connectivity index (χ3v) is 4.18. The number of aryl methyl sites for hydroxylation is 1. The van der Waals surface area contributed by atoms with Crippen LogP contribution in [0.5, 0.6) is 0 Å². The van der Waals surface area contributed by atoms with Gasteiger partial charge in [-0.05, 0) is 46.5 Å². The monoisotopic (exact) mass is 339 g/mol. The molecule has 0 saturated heterocycles. The van der Waals surface area contributed by atoms with E-state index < -0.39 is 0 Å². The lowest BCUT2D eigenvalue weighted by Gasteiger charge is -2.08. The molecule has 0 aliphatic carbocycles. The van der Waals surface area contributed by atoms with Crippen molar-refractivity contribution in [3.8, 4) is 17.1 Å². The van der Waals surface area contributed by atoms with Gasteiger partial charge in [-0.3, -0.25) is 0 Å². The number of aromatic nitrogens is 6. The number of nitrogens with zero attached hydrogens (tertiary/aromatic N) is 6. The van der Waals surface area contributed by atoms with Crippen LogP contribution in [0, 0.1) is 6.92 Å². The molecule has 4 aromatic rings. The molecule has 0 bridgehead atoms. The molecule has 3 aromatic heterocycles. The topological polar surface area (TPSA) is 94.6 Å². The second-order valence-corrected chi connectivity index (χ2v) is 5.92. The van der Waals surface area contributed by atoms with Gasteiger partial charge in [-0.15, -0.1) is 5.10 Å². The first-order valence-electron chi connectivity index (χ1n) is 7.22. The summed E-state index contributed by atoms with van der Waals surface area (Å²) >= 11 is 1.59. The minimum Gasteiger partial charge on any atom is -0.378 e. The molecule has 0 radical (unpaired) electrons. The summed E-state index contributed by atoms with van der Waals surface area (Å²) in [6, 6.07) is 7.93. The lowest BCUT2D eigenvalue weighted by Crippen LogP contribution is -2.04. The van der Waals surface area contributed by atoms with Crippen molar-refractivity contribution >= 4 is 17.0 Å². The van der Waals surface area contributed by atoms with E-state index in [1.165, 1.54) is 0 Å². The number of hydrogen-bond donors (Lipinski definition) is 1. The van der Waals surface area contributed by atoms with Crippen LogP contribution in [0.15, 0.2) is 45.9 Å². The highest BCUT2D eigenvalue weighted by Gasteiger charge is 2.09. The molecule has 0 amide bonds. The summed E-state index contributed by atoms with van der Waals surface area (Å²) < 4.78 is 6.90. The number of nitrogens with one attached hydrogen (secondary N) is 1. The zero-order valence-electron chi connectivity index (χ0n) is 12.7. The highest BCUT2D eigenvalue weighted by atomic mass is 32.1. The number of rotatable bonds is 5. The Morgan fingerprint density at radius 2 is 2.25 bits per heavy atom. The fourth-order valence-electron chi connectivity index (χ4n) is 2.25. The lowest BCUT2D eigenvalue weighted by atomic mass is 10.2. The summed E-state index contributed by atoms with van der Waals surface area (Å²) in [6.45, 7) is 2.47. The van der Waals surface area contributed by atoms with Crippen molar-refractivity contribution in [3.63, 3.8) is 0 Å². The zero-order chi connectivity index (χ0) is 16.4. The third-order valence-electron chi connectivity index (χ3n) is 3.49. The van der Waals surface area contributed by atoms with Crippen molar-refractivity contribution in [2.75, 3.05) is 5.32 Å². The van der Waals surface area contributed by atoms with Crippen LogP contribution >= 0.6 is 11.3 Å². The van der Waals surface area contributed by atoms with Crippen LogP contribution < -0.4 is 5.32 Å². The first-order valence-corrected chi connectivity index (χ1v) is 8.17. The van der Waals surface area contributed by atoms with E-state index >= 15 is 0 Å². The smallest absolute Gasteiger partial charge is 0.258 e. The van der Waals surface area contributed by atoms with E-state index in [1.807, 2.05) is 41.9 Å². The number of anilines is 1. The second-order valence-electron chi connectivity index (χ2n) is 5.14. The predicted octanol–water partition coefficient (Wildman–Crippen LogP) is 2.69. The van der Waals surface area contributed by atoms with Crippen molar-refractivity contribution in [1.29, 1.82) is 0 Å². The standard InChI is InChI=1S/C15H13N7OS/c1-10-2-3-12(6-13(10)22-9-17-20-21-22)16-7-14-18-15(23-19-14)11-4-5-24-8-11/h2-6,8-9,16H,7H2,1H3. The maximum Gasteiger partial charge on any atom is 0.258 e. The van der Waals surface area contributed by atoms with Crippen LogP contribution in [-0.2, 0) is 6.54 Å². The van der Waals surface area contributed by atoms with Crippen LogP contribution in [0.2, 0.25) is 0 Å². The van der Waals surface area contributed by atoms with E-state index in [-0.39, 0.29) is 0 Å². The van der Waals surface area contributed by atoms with Crippen LogP contribution in [0.3, 0.4) is 0 Å². The Hall–Kier alpha value is -3.07. The van der Waals surface area contributed by atoms with Crippen molar-refractivity contribution in [3.05, 3.63) is 52.7 Å². The van der Waals surface area contributed by atoms with Gasteiger partial charge in [0.1, 0.15) is 6.33 Å². The van der Waals surface area contributed by atoms with Crippen LogP contribution in [0.4, 0.5) is 5.69 Å². The summed E-state index contributed by atoms with van der Waals surface area (Å²) in [5.41, 5.74) is 3.85. The van der Waals surface area contributed by atoms with Gasteiger partial charge >= 0.3 is 0 Å². The van der Waals surface area contributed by atoms with Crippen molar-refractivity contribution in [2.24, 2.45) is 0 Å². The SMILES string of the molecule is Cc1ccc(NCc2noc(-c3ccsc3)n2)cc1-n1cnnn1. The summed E-state index contributed by atoms with van der Waals surface area (Å²) in [6.07, 6.45) is 1.57. The van der Waals surface area contributed by atoms with Gasteiger partial charge in [-0.2, -0.15) is 16.3 Å². The van der Waals surface area contributed by atoms with Crippen LogP contribution in [0.1, 0.15) is 11.4 Å². The normalized spacial score (nSPS) is 10.9. The van der Waals surface area contributed by atoms with E-state index in [2.05, 4.69) is 31.0 Å². The molecular formula is C15H13N7OS. The van der Waals surface area contributed by atoms with E-state index in [1.54, 1.807) is 22.3 Å². The molecule has 0 unspecified atom stereocenters. The summed E-state index contributed by atoms with van der Waals surface area (Å²) in [5, 5.41) is 22.5. The Kier molecular flexibility index (Phi) is 3.75. The third kappa shape index (κ3) is 2.88. The number of benzene rings is 1.